The van der Waals surface area contributed by atoms with Crippen LogP contribution in [0.15, 0.2) is 0 Å². The molecule has 0 saturated heterocycles. The monoisotopic (exact) mass is 246 g/mol. The minimum Gasteiger partial charge on any atom is -0.139 e. The van der Waals surface area contributed by atoms with E-state index in [0.717, 1.165) is 0 Å². The lowest BCUT2D eigenvalue weighted by Gasteiger charge is -1.87. The average molecular weight is 248 g/mol. The van der Waals surface area contributed by atoms with Crippen LogP contribution in [-0.4, -0.2) is 28.0 Å². The van der Waals surface area contributed by atoms with Crippen molar-refractivity contribution in [3.63, 3.8) is 0 Å². The summed E-state index contributed by atoms with van der Waals surface area (Å²) in [6.07, 6.45) is 0. The Labute approximate surface area is 85.2 Å². The fourth-order valence-corrected chi connectivity index (χ4v) is 1.63. The summed E-state index contributed by atoms with van der Waals surface area (Å²) in [6.45, 7) is 0. The van der Waals surface area contributed by atoms with Crippen LogP contribution in [0.1, 0.15) is 0 Å². The number of hydrogen-bond donors (Lipinski definition) is 0. The Hall–Kier alpha value is 1.15. The topological polar surface area (TPSA) is 0 Å². The normalized spacial score (nSPS) is 9.80. The summed E-state index contributed by atoms with van der Waals surface area (Å²) in [6, 6.07) is 0. The van der Waals surface area contributed by atoms with Crippen molar-refractivity contribution < 1.29 is 0 Å². The maximum Gasteiger partial charge on any atom is 0.188 e. The molecule has 0 nitrogen and oxygen atoms in total. The van der Waals surface area contributed by atoms with Gasteiger partial charge in [0.2, 0.25) is 0 Å². The Kier molecular flexibility index (Phi) is 7.63. The first kappa shape index (κ1) is 11.2. The number of rotatable bonds is 2. The molecule has 0 rings (SSSR count). The fraction of sp³-hybridized carbons (Fsp3) is 0.500. The van der Waals surface area contributed by atoms with Crippen molar-refractivity contribution in [3.8, 4) is 11.1 Å². The highest BCUT2D eigenvalue weighted by Crippen LogP contribution is 1.98. The van der Waals surface area contributed by atoms with Gasteiger partial charge in [0.05, 0.1) is 0 Å². The van der Waals surface area contributed by atoms with Crippen LogP contribution in [-0.2, 0) is 0 Å². The van der Waals surface area contributed by atoms with E-state index in [2.05, 4.69) is 11.1 Å². The third-order valence-corrected chi connectivity index (χ3v) is 2.96. The van der Waals surface area contributed by atoms with Crippen LogP contribution in [0.3, 0.4) is 0 Å². The van der Waals surface area contributed by atoms with E-state index in [4.69, 9.17) is 46.4 Å². The predicted molar refractivity (Wildman–Crippen MR) is 50.3 cm³/mol. The molecule has 10 heavy (non-hydrogen) atoms. The van der Waals surface area contributed by atoms with Gasteiger partial charge in [-0.2, -0.15) is 0 Å². The summed E-state index contributed by atoms with van der Waals surface area (Å²) in [4.78, 5) is 0. The van der Waals surface area contributed by atoms with Crippen LogP contribution in [0.2, 0.25) is 0 Å². The molecule has 0 aliphatic rings. The lowest BCUT2D eigenvalue weighted by molar-refractivity contribution is 1.91. The van der Waals surface area contributed by atoms with Crippen LogP contribution in [0.25, 0.3) is 0 Å². The molecule has 0 spiro atoms. The van der Waals surface area contributed by atoms with E-state index in [0.29, 0.717) is 0 Å². The Bertz CT molecular complexity index is 122. The van der Waals surface area contributed by atoms with Crippen molar-refractivity contribution in [2.45, 2.75) is 8.92 Å². The molecule has 0 aromatic rings. The van der Waals surface area contributed by atoms with Gasteiger partial charge < -0.3 is 0 Å². The van der Waals surface area contributed by atoms with Gasteiger partial charge in [0.1, 0.15) is 8.92 Å². The van der Waals surface area contributed by atoms with Crippen molar-refractivity contribution in [2.75, 3.05) is 0 Å². The highest BCUT2D eigenvalue weighted by molar-refractivity contribution is 6.76. The van der Waals surface area contributed by atoms with E-state index in [1.54, 1.807) is 0 Å². The molecule has 0 aliphatic carbocycles. The van der Waals surface area contributed by atoms with Crippen LogP contribution in [0.4, 0.5) is 0 Å². The lowest BCUT2D eigenvalue weighted by atomic mass is 11.4. The third kappa shape index (κ3) is 9.15. The van der Waals surface area contributed by atoms with Gasteiger partial charge >= 0.3 is 0 Å². The van der Waals surface area contributed by atoms with Crippen molar-refractivity contribution in [1.82, 2.24) is 0 Å². The second kappa shape index (κ2) is 6.84. The third-order valence-electron chi connectivity index (χ3n) is 0.425. The second-order valence-corrected chi connectivity index (χ2v) is 7.03. The molecular weight excluding hydrogens is 246 g/mol. The van der Waals surface area contributed by atoms with Gasteiger partial charge in [-0.3, -0.25) is 0 Å². The molecule has 0 aromatic heterocycles. The Morgan fingerprint density at radius 2 is 1.10 bits per heavy atom. The Morgan fingerprint density at radius 1 is 0.800 bits per heavy atom. The number of hydrogen-bond acceptors (Lipinski definition) is 0. The number of alkyl halides is 4. The standard InChI is InChI=1S/C4H2Cl4Si2/c5-3(6)9-1-2-10-4(7)8/h3-4H. The highest BCUT2D eigenvalue weighted by atomic mass is 35.5. The van der Waals surface area contributed by atoms with E-state index in [9.17, 15) is 0 Å². The molecule has 0 aliphatic heterocycles. The smallest absolute Gasteiger partial charge is 0.139 e. The van der Waals surface area contributed by atoms with Gasteiger partial charge in [0.15, 0.2) is 19.0 Å². The second-order valence-electron chi connectivity index (χ2n) is 1.14. The summed E-state index contributed by atoms with van der Waals surface area (Å²) in [5.74, 6) is 0. The molecule has 4 radical (unpaired) electrons. The molecule has 6 heteroatoms. The van der Waals surface area contributed by atoms with Gasteiger partial charge in [0.25, 0.3) is 0 Å². The summed E-state index contributed by atoms with van der Waals surface area (Å²) >= 11 is 21.6. The van der Waals surface area contributed by atoms with Gasteiger partial charge in [-0.25, -0.2) is 0 Å². The first-order valence-electron chi connectivity index (χ1n) is 2.20. The van der Waals surface area contributed by atoms with Crippen molar-refractivity contribution in [1.29, 1.82) is 0 Å². The average Bonchev–Trinajstić information content (AvgIpc) is 1.79. The minimum atomic E-state index is -0.388. The summed E-state index contributed by atoms with van der Waals surface area (Å²) in [7, 11) is 0.495. The first-order valence-corrected chi connectivity index (χ1v) is 6.10. The van der Waals surface area contributed by atoms with E-state index in [1.807, 2.05) is 0 Å². The van der Waals surface area contributed by atoms with Crippen molar-refractivity contribution in [3.05, 3.63) is 0 Å². The van der Waals surface area contributed by atoms with Gasteiger partial charge in [-0.1, -0.05) is 0 Å². The van der Waals surface area contributed by atoms with E-state index in [1.165, 1.54) is 0 Å². The zero-order chi connectivity index (χ0) is 7.98. The SMILES string of the molecule is ClC(Cl)[Si]C#C[Si]C(Cl)Cl. The molecule has 54 valence electrons. The number of halogens is 4. The predicted octanol–water partition coefficient (Wildman–Crippen LogP) is 1.84. The van der Waals surface area contributed by atoms with Gasteiger partial charge in [-0.15, -0.1) is 57.5 Å². The molecule has 0 atom stereocenters. The van der Waals surface area contributed by atoms with Crippen molar-refractivity contribution >= 4 is 65.4 Å². The molecule has 0 bridgehead atoms. The van der Waals surface area contributed by atoms with E-state index >= 15 is 0 Å². The fourth-order valence-electron chi connectivity index (χ4n) is 0.181. The lowest BCUT2D eigenvalue weighted by Crippen LogP contribution is -2.01. The van der Waals surface area contributed by atoms with Gasteiger partial charge in [-0.05, 0) is 0 Å². The molecule has 0 unspecified atom stereocenters. The highest BCUT2D eigenvalue weighted by Gasteiger charge is 1.97. The molecule has 0 amide bonds. The summed E-state index contributed by atoms with van der Waals surface area (Å²) in [5.41, 5.74) is 5.55. The minimum absolute atomic E-state index is 0.248. The summed E-state index contributed by atoms with van der Waals surface area (Å²) < 4.78 is -0.775. The van der Waals surface area contributed by atoms with E-state index in [-0.39, 0.29) is 28.0 Å². The van der Waals surface area contributed by atoms with Crippen LogP contribution in [0.5, 0.6) is 0 Å². The van der Waals surface area contributed by atoms with Crippen LogP contribution in [0, 0.1) is 11.1 Å². The van der Waals surface area contributed by atoms with E-state index < -0.39 is 0 Å². The van der Waals surface area contributed by atoms with Crippen molar-refractivity contribution in [2.24, 2.45) is 0 Å². The molecule has 0 saturated carbocycles. The van der Waals surface area contributed by atoms with Gasteiger partial charge in [0, 0.05) is 0 Å². The maximum absolute atomic E-state index is 5.41. The molecule has 0 heterocycles. The van der Waals surface area contributed by atoms with Crippen LogP contribution < -0.4 is 0 Å². The van der Waals surface area contributed by atoms with Crippen LogP contribution >= 0.6 is 46.4 Å². The summed E-state index contributed by atoms with van der Waals surface area (Å²) in [5, 5.41) is 0. The quantitative estimate of drug-likeness (QED) is 0.397. The zero-order valence-corrected chi connectivity index (χ0v) is 9.69. The molecule has 0 fully saturated rings. The molecule has 0 N–H and O–H groups in total. The molecule has 0 aromatic carbocycles. The Morgan fingerprint density at radius 3 is 1.30 bits per heavy atom. The Balaban J connectivity index is 3.32. The first-order chi connectivity index (χ1) is 4.63. The largest absolute Gasteiger partial charge is 0.188 e. The zero-order valence-electron chi connectivity index (χ0n) is 4.67. The molecular formula is C4H2Cl4Si2. The maximum atomic E-state index is 5.41.